The normalized spacial score (nSPS) is 10.2. The molecule has 0 aliphatic carbocycles. The van der Waals surface area contributed by atoms with Crippen LogP contribution in [-0.4, -0.2) is 28.2 Å². The summed E-state index contributed by atoms with van der Waals surface area (Å²) in [5.41, 5.74) is 1.43. The quantitative estimate of drug-likeness (QED) is 0.634. The molecule has 0 unspecified atom stereocenters. The summed E-state index contributed by atoms with van der Waals surface area (Å²) in [7, 11) is 1.68. The molecular weight excluding hydrogens is 279 g/mol. The van der Waals surface area contributed by atoms with Gasteiger partial charge in [0.2, 0.25) is 0 Å². The zero-order chi connectivity index (χ0) is 12.1. The van der Waals surface area contributed by atoms with Gasteiger partial charge in [-0.05, 0) is 0 Å². The molecule has 3 heteroatoms. The van der Waals surface area contributed by atoms with Crippen molar-refractivity contribution in [1.29, 1.82) is 0 Å². The summed E-state index contributed by atoms with van der Waals surface area (Å²) in [6.45, 7) is 0. The summed E-state index contributed by atoms with van der Waals surface area (Å²) < 4.78 is 6.22. The first-order chi connectivity index (χ1) is 8.31. The number of rotatable bonds is 4. The van der Waals surface area contributed by atoms with Gasteiger partial charge >= 0.3 is 107 Å². The molecule has 0 fully saturated rings. The van der Waals surface area contributed by atoms with Crippen molar-refractivity contribution >= 4 is 25.5 Å². The van der Waals surface area contributed by atoms with E-state index in [1.54, 1.807) is 7.11 Å². The maximum absolute atomic E-state index is 12.1. The van der Waals surface area contributed by atoms with E-state index in [1.807, 2.05) is 54.6 Å². The molecular formula is C14H12O2Se. The SMILES string of the molecule is CO[Se]c1ccc(C(=O)c2ccccc2)cc1. The van der Waals surface area contributed by atoms with Crippen LogP contribution in [0.5, 0.6) is 0 Å². The summed E-state index contributed by atoms with van der Waals surface area (Å²) in [5, 5.41) is 0. The van der Waals surface area contributed by atoms with Crippen molar-refractivity contribution in [2.45, 2.75) is 0 Å². The maximum atomic E-state index is 12.1. The van der Waals surface area contributed by atoms with E-state index in [2.05, 4.69) is 0 Å². The van der Waals surface area contributed by atoms with Crippen molar-refractivity contribution in [1.82, 2.24) is 0 Å². The van der Waals surface area contributed by atoms with Crippen molar-refractivity contribution in [3.8, 4) is 0 Å². The molecule has 86 valence electrons. The van der Waals surface area contributed by atoms with Crippen LogP contribution < -0.4 is 4.46 Å². The second-order valence-electron chi connectivity index (χ2n) is 3.47. The molecule has 2 rings (SSSR count). The van der Waals surface area contributed by atoms with Crippen LogP contribution in [0, 0.1) is 0 Å². The molecule has 0 amide bonds. The number of hydrogen-bond acceptors (Lipinski definition) is 2. The minimum absolute atomic E-state index is 0.0360. The summed E-state index contributed by atoms with van der Waals surface area (Å²) >= 11 is 0.0360. The Hall–Kier alpha value is -1.41. The van der Waals surface area contributed by atoms with Crippen LogP contribution in [0.25, 0.3) is 0 Å². The predicted molar refractivity (Wildman–Crippen MR) is 68.7 cm³/mol. The fourth-order valence-corrected chi connectivity index (χ4v) is 2.44. The molecule has 0 atom stereocenters. The van der Waals surface area contributed by atoms with Gasteiger partial charge < -0.3 is 0 Å². The third-order valence-corrected chi connectivity index (χ3v) is 3.66. The standard InChI is InChI=1S/C14H12O2Se/c1-16-17-13-9-7-12(8-10-13)14(15)11-5-3-2-4-6-11/h2-10H,1H3. The van der Waals surface area contributed by atoms with Crippen LogP contribution in [-0.2, 0) is 3.82 Å². The molecule has 0 radical (unpaired) electrons. The Labute approximate surface area is 107 Å². The number of ketones is 1. The van der Waals surface area contributed by atoms with Gasteiger partial charge in [0.25, 0.3) is 0 Å². The molecule has 0 heterocycles. The molecule has 0 bridgehead atoms. The average Bonchev–Trinajstić information content (AvgIpc) is 2.40. The Kier molecular flexibility index (Phi) is 4.10. The summed E-state index contributed by atoms with van der Waals surface area (Å²) in [4.78, 5) is 12.1. The monoisotopic (exact) mass is 292 g/mol. The van der Waals surface area contributed by atoms with Gasteiger partial charge in [-0.3, -0.25) is 0 Å². The van der Waals surface area contributed by atoms with Gasteiger partial charge in [-0.2, -0.15) is 0 Å². The fraction of sp³-hybridized carbons (Fsp3) is 0.0714. The third-order valence-electron chi connectivity index (χ3n) is 2.33. The van der Waals surface area contributed by atoms with Gasteiger partial charge in [-0.25, -0.2) is 0 Å². The van der Waals surface area contributed by atoms with Crippen LogP contribution in [0.3, 0.4) is 0 Å². The second-order valence-corrected chi connectivity index (χ2v) is 5.51. The minimum atomic E-state index is 0.0360. The van der Waals surface area contributed by atoms with Gasteiger partial charge in [0, 0.05) is 0 Å². The first-order valence-corrected chi connectivity index (χ1v) is 6.77. The molecule has 17 heavy (non-hydrogen) atoms. The Balaban J connectivity index is 2.20. The molecule has 0 saturated heterocycles. The Morgan fingerprint density at radius 2 is 1.53 bits per heavy atom. The number of carbonyl (C=O) groups excluding carboxylic acids is 1. The van der Waals surface area contributed by atoms with Crippen molar-refractivity contribution in [3.63, 3.8) is 0 Å². The Morgan fingerprint density at radius 1 is 0.941 bits per heavy atom. The molecule has 0 aromatic heterocycles. The van der Waals surface area contributed by atoms with E-state index < -0.39 is 0 Å². The zero-order valence-corrected chi connectivity index (χ0v) is 11.1. The Morgan fingerprint density at radius 3 is 2.12 bits per heavy atom. The van der Waals surface area contributed by atoms with Gasteiger partial charge in [0.15, 0.2) is 0 Å². The van der Waals surface area contributed by atoms with Gasteiger partial charge in [0.05, 0.1) is 0 Å². The molecule has 0 aliphatic heterocycles. The molecule has 0 saturated carbocycles. The topological polar surface area (TPSA) is 26.3 Å². The number of hydrogen-bond donors (Lipinski definition) is 0. The average molecular weight is 291 g/mol. The molecule has 0 spiro atoms. The molecule has 0 aliphatic rings. The van der Waals surface area contributed by atoms with E-state index in [4.69, 9.17) is 3.82 Å². The van der Waals surface area contributed by atoms with E-state index in [9.17, 15) is 4.79 Å². The van der Waals surface area contributed by atoms with Crippen LogP contribution in [0.1, 0.15) is 15.9 Å². The van der Waals surface area contributed by atoms with Crippen molar-refractivity contribution in [3.05, 3.63) is 65.7 Å². The first kappa shape index (κ1) is 12.1. The van der Waals surface area contributed by atoms with Crippen molar-refractivity contribution in [2.75, 3.05) is 7.11 Å². The fourth-order valence-electron chi connectivity index (χ4n) is 1.51. The predicted octanol–water partition coefficient (Wildman–Crippen LogP) is 1.81. The van der Waals surface area contributed by atoms with Crippen LogP contribution in [0.2, 0.25) is 0 Å². The van der Waals surface area contributed by atoms with Crippen LogP contribution >= 0.6 is 0 Å². The Bertz CT molecular complexity index is 491. The third kappa shape index (κ3) is 3.04. The van der Waals surface area contributed by atoms with Crippen LogP contribution in [0.4, 0.5) is 0 Å². The second kappa shape index (κ2) is 5.78. The van der Waals surface area contributed by atoms with Gasteiger partial charge in [-0.1, -0.05) is 0 Å². The van der Waals surface area contributed by atoms with E-state index in [1.165, 1.54) is 0 Å². The summed E-state index contributed by atoms with van der Waals surface area (Å²) in [6.07, 6.45) is 0. The molecule has 2 aromatic carbocycles. The molecule has 2 nitrogen and oxygen atoms in total. The number of carbonyl (C=O) groups is 1. The first-order valence-electron chi connectivity index (χ1n) is 5.22. The molecule has 2 aromatic rings. The summed E-state index contributed by atoms with van der Waals surface area (Å²) in [6, 6.07) is 16.9. The van der Waals surface area contributed by atoms with Crippen molar-refractivity contribution in [2.24, 2.45) is 0 Å². The van der Waals surface area contributed by atoms with Gasteiger partial charge in [-0.15, -0.1) is 0 Å². The van der Waals surface area contributed by atoms with E-state index in [-0.39, 0.29) is 21.1 Å². The van der Waals surface area contributed by atoms with Crippen LogP contribution in [0.15, 0.2) is 54.6 Å². The molecule has 0 N–H and O–H groups in total. The number of benzene rings is 2. The zero-order valence-electron chi connectivity index (χ0n) is 9.42. The van der Waals surface area contributed by atoms with E-state index >= 15 is 0 Å². The van der Waals surface area contributed by atoms with E-state index in [0.29, 0.717) is 5.56 Å². The van der Waals surface area contributed by atoms with E-state index in [0.717, 1.165) is 10.0 Å². The summed E-state index contributed by atoms with van der Waals surface area (Å²) in [5.74, 6) is 0.0575. The van der Waals surface area contributed by atoms with Gasteiger partial charge in [0.1, 0.15) is 0 Å². The van der Waals surface area contributed by atoms with Crippen molar-refractivity contribution < 1.29 is 8.61 Å².